The van der Waals surface area contributed by atoms with E-state index in [4.69, 9.17) is 16.3 Å². The zero-order chi connectivity index (χ0) is 19.1. The van der Waals surface area contributed by atoms with E-state index in [-0.39, 0.29) is 29.3 Å². The van der Waals surface area contributed by atoms with Gasteiger partial charge in [-0.25, -0.2) is 4.98 Å². The molecule has 0 saturated heterocycles. The van der Waals surface area contributed by atoms with Gasteiger partial charge < -0.3 is 10.1 Å². The summed E-state index contributed by atoms with van der Waals surface area (Å²) in [4.78, 5) is 32.7. The minimum Gasteiger partial charge on any atom is -0.486 e. The van der Waals surface area contributed by atoms with E-state index in [1.807, 2.05) is 6.92 Å². The van der Waals surface area contributed by atoms with Crippen molar-refractivity contribution in [1.82, 2.24) is 15.3 Å². The Labute approximate surface area is 162 Å². The van der Waals surface area contributed by atoms with Crippen LogP contribution in [0, 0.1) is 12.3 Å². The molecule has 0 aliphatic heterocycles. The molecule has 7 heteroatoms. The molecule has 1 heterocycles. The summed E-state index contributed by atoms with van der Waals surface area (Å²) in [6, 6.07) is 6.95. The number of hydrogen-bond donors (Lipinski definition) is 1. The molecule has 0 radical (unpaired) electrons. The highest BCUT2D eigenvalue weighted by Crippen LogP contribution is 2.69. The van der Waals surface area contributed by atoms with Crippen LogP contribution >= 0.6 is 11.6 Å². The number of aromatic nitrogens is 2. The minimum absolute atomic E-state index is 0.0205. The standard InChI is InChI=1S/C20H20ClN3O3/c1-13-7-23-17(8-22-13)18(26)24-20-10-19(11-20,12-20)6-15(25)9-27-16-4-2-14(21)3-5-16/h2-5,7-8H,6,9-12H2,1H3,(H,24,26). The van der Waals surface area contributed by atoms with Crippen LogP contribution in [-0.4, -0.2) is 33.8 Å². The normalized spacial score (nSPS) is 25.1. The fourth-order valence-corrected chi connectivity index (χ4v) is 4.42. The maximum absolute atomic E-state index is 12.3. The number of hydrogen-bond acceptors (Lipinski definition) is 5. The molecule has 3 fully saturated rings. The summed E-state index contributed by atoms with van der Waals surface area (Å²) in [5.41, 5.74) is 0.940. The lowest BCUT2D eigenvalue weighted by Crippen LogP contribution is -2.75. The maximum atomic E-state index is 12.3. The SMILES string of the molecule is Cc1cnc(C(=O)NC23CC(CC(=O)COc4ccc(Cl)cc4)(C2)C3)cn1. The fourth-order valence-electron chi connectivity index (χ4n) is 4.30. The molecule has 1 N–H and O–H groups in total. The predicted octanol–water partition coefficient (Wildman–Crippen LogP) is 3.13. The molecule has 2 bridgehead atoms. The van der Waals surface area contributed by atoms with Gasteiger partial charge in [0.1, 0.15) is 18.1 Å². The summed E-state index contributed by atoms with van der Waals surface area (Å²) in [6.07, 6.45) is 6.05. The number of aryl methyl sites for hydroxylation is 1. The average Bonchev–Trinajstić information content (AvgIpc) is 2.59. The van der Waals surface area contributed by atoms with Gasteiger partial charge >= 0.3 is 0 Å². The molecule has 2 aromatic rings. The summed E-state index contributed by atoms with van der Waals surface area (Å²) in [5.74, 6) is 0.510. The van der Waals surface area contributed by atoms with Crippen LogP contribution in [0.1, 0.15) is 41.9 Å². The molecule has 0 unspecified atom stereocenters. The van der Waals surface area contributed by atoms with Crippen molar-refractivity contribution in [3.05, 3.63) is 53.1 Å². The van der Waals surface area contributed by atoms with Crippen LogP contribution in [0.3, 0.4) is 0 Å². The molecule has 5 rings (SSSR count). The van der Waals surface area contributed by atoms with Crippen molar-refractivity contribution in [3.8, 4) is 5.75 Å². The van der Waals surface area contributed by atoms with Crippen LogP contribution in [0.15, 0.2) is 36.7 Å². The number of Topliss-reactive ketones (excluding diaryl/α,β-unsaturated/α-hetero) is 1. The number of carbonyl (C=O) groups excluding carboxylic acids is 2. The Kier molecular flexibility index (Phi) is 4.38. The second-order valence-electron chi connectivity index (χ2n) is 7.77. The molecule has 3 saturated carbocycles. The van der Waals surface area contributed by atoms with Crippen LogP contribution in [0.25, 0.3) is 0 Å². The highest BCUT2D eigenvalue weighted by Gasteiger charge is 2.68. The van der Waals surface area contributed by atoms with Crippen molar-refractivity contribution in [2.24, 2.45) is 5.41 Å². The molecule has 0 spiro atoms. The number of carbonyl (C=O) groups is 2. The van der Waals surface area contributed by atoms with Gasteiger partial charge in [0.15, 0.2) is 5.78 Å². The highest BCUT2D eigenvalue weighted by atomic mass is 35.5. The van der Waals surface area contributed by atoms with E-state index >= 15 is 0 Å². The average molecular weight is 386 g/mol. The summed E-state index contributed by atoms with van der Waals surface area (Å²) >= 11 is 5.83. The lowest BCUT2D eigenvalue weighted by Gasteiger charge is -2.70. The van der Waals surface area contributed by atoms with Gasteiger partial charge in [-0.2, -0.15) is 0 Å². The number of benzene rings is 1. The van der Waals surface area contributed by atoms with Gasteiger partial charge in [0.25, 0.3) is 5.91 Å². The van der Waals surface area contributed by atoms with E-state index in [0.717, 1.165) is 25.0 Å². The van der Waals surface area contributed by atoms with Gasteiger partial charge in [-0.15, -0.1) is 0 Å². The monoisotopic (exact) mass is 385 g/mol. The van der Waals surface area contributed by atoms with Crippen LogP contribution < -0.4 is 10.1 Å². The molecule has 1 amide bonds. The number of ether oxygens (including phenoxy) is 1. The van der Waals surface area contributed by atoms with E-state index in [2.05, 4.69) is 15.3 Å². The van der Waals surface area contributed by atoms with Crippen LogP contribution in [0.4, 0.5) is 0 Å². The first-order valence-corrected chi connectivity index (χ1v) is 9.26. The summed E-state index contributed by atoms with van der Waals surface area (Å²) in [7, 11) is 0. The van der Waals surface area contributed by atoms with Gasteiger partial charge in [0.2, 0.25) is 0 Å². The van der Waals surface area contributed by atoms with Crippen molar-refractivity contribution in [2.45, 2.75) is 38.1 Å². The maximum Gasteiger partial charge on any atom is 0.271 e. The molecule has 3 aliphatic rings. The summed E-state index contributed by atoms with van der Waals surface area (Å²) < 4.78 is 5.52. The van der Waals surface area contributed by atoms with Gasteiger partial charge in [0.05, 0.1) is 11.9 Å². The van der Waals surface area contributed by atoms with Gasteiger partial charge in [0, 0.05) is 23.2 Å². The lowest BCUT2D eigenvalue weighted by molar-refractivity contribution is -0.162. The molecule has 1 aromatic carbocycles. The Morgan fingerprint density at radius 2 is 1.85 bits per heavy atom. The number of rotatable bonds is 7. The molecule has 6 nitrogen and oxygen atoms in total. The molecular formula is C20H20ClN3O3. The first-order valence-electron chi connectivity index (χ1n) is 8.88. The largest absolute Gasteiger partial charge is 0.486 e. The summed E-state index contributed by atoms with van der Waals surface area (Å²) in [6.45, 7) is 1.88. The Hall–Kier alpha value is -2.47. The van der Waals surface area contributed by atoms with E-state index in [9.17, 15) is 9.59 Å². The van der Waals surface area contributed by atoms with Gasteiger partial charge in [-0.3, -0.25) is 14.6 Å². The molecule has 27 heavy (non-hydrogen) atoms. The number of nitrogens with zero attached hydrogens (tertiary/aromatic N) is 2. The highest BCUT2D eigenvalue weighted by molar-refractivity contribution is 6.30. The zero-order valence-corrected chi connectivity index (χ0v) is 15.8. The quantitative estimate of drug-likeness (QED) is 0.791. The minimum atomic E-state index is -0.201. The Balaban J connectivity index is 1.23. The van der Waals surface area contributed by atoms with Crippen molar-refractivity contribution in [3.63, 3.8) is 0 Å². The third-order valence-electron chi connectivity index (χ3n) is 5.32. The van der Waals surface area contributed by atoms with E-state index in [1.54, 1.807) is 30.5 Å². The summed E-state index contributed by atoms with van der Waals surface area (Å²) in [5, 5.41) is 3.69. The third-order valence-corrected chi connectivity index (χ3v) is 5.57. The fraction of sp³-hybridized carbons (Fsp3) is 0.400. The Morgan fingerprint density at radius 1 is 1.15 bits per heavy atom. The first kappa shape index (κ1) is 17.9. The predicted molar refractivity (Wildman–Crippen MR) is 99.8 cm³/mol. The number of halogens is 1. The molecule has 1 aromatic heterocycles. The topological polar surface area (TPSA) is 81.2 Å². The number of ketones is 1. The molecule has 3 aliphatic carbocycles. The van der Waals surface area contributed by atoms with E-state index < -0.39 is 0 Å². The molecule has 140 valence electrons. The first-order chi connectivity index (χ1) is 12.9. The van der Waals surface area contributed by atoms with Gasteiger partial charge in [-0.1, -0.05) is 11.6 Å². The van der Waals surface area contributed by atoms with E-state index in [0.29, 0.717) is 22.9 Å². The van der Waals surface area contributed by atoms with Crippen LogP contribution in [0.2, 0.25) is 5.02 Å². The molecule has 0 atom stereocenters. The smallest absolute Gasteiger partial charge is 0.271 e. The number of nitrogens with one attached hydrogen (secondary N) is 1. The van der Waals surface area contributed by atoms with Crippen molar-refractivity contribution < 1.29 is 14.3 Å². The number of amides is 1. The van der Waals surface area contributed by atoms with Crippen molar-refractivity contribution >= 4 is 23.3 Å². The van der Waals surface area contributed by atoms with Crippen LogP contribution in [0.5, 0.6) is 5.75 Å². The third kappa shape index (κ3) is 3.67. The lowest BCUT2D eigenvalue weighted by atomic mass is 9.38. The molecular weight excluding hydrogens is 366 g/mol. The van der Waals surface area contributed by atoms with E-state index in [1.165, 1.54) is 6.20 Å². The Morgan fingerprint density at radius 3 is 2.48 bits per heavy atom. The van der Waals surface area contributed by atoms with Crippen molar-refractivity contribution in [2.75, 3.05) is 6.61 Å². The zero-order valence-electron chi connectivity index (χ0n) is 15.0. The second-order valence-corrected chi connectivity index (χ2v) is 8.20. The van der Waals surface area contributed by atoms with Gasteiger partial charge in [-0.05, 0) is 55.9 Å². The second kappa shape index (κ2) is 6.60. The van der Waals surface area contributed by atoms with Crippen molar-refractivity contribution in [1.29, 1.82) is 0 Å². The van der Waals surface area contributed by atoms with Crippen LogP contribution in [-0.2, 0) is 4.79 Å². The Bertz CT molecular complexity index is 861.